The molecule has 0 bridgehead atoms. The van der Waals surface area contributed by atoms with Gasteiger partial charge in [-0.05, 0) is 12.0 Å². The molecule has 1 aromatic carbocycles. The Morgan fingerprint density at radius 2 is 2.29 bits per heavy atom. The maximum atomic E-state index is 5.93. The minimum atomic E-state index is 0.362. The molecule has 2 rings (SSSR count). The second-order valence-electron chi connectivity index (χ2n) is 4.21. The lowest BCUT2D eigenvalue weighted by molar-refractivity contribution is 0.156. The molecule has 17 heavy (non-hydrogen) atoms. The number of hydrogen-bond acceptors (Lipinski definition) is 4. The van der Waals surface area contributed by atoms with Crippen LogP contribution in [0, 0.1) is 5.92 Å². The second-order valence-corrected chi connectivity index (χ2v) is 4.62. The van der Waals surface area contributed by atoms with Gasteiger partial charge in [-0.3, -0.25) is 0 Å². The summed E-state index contributed by atoms with van der Waals surface area (Å²) < 4.78 is 10.7. The number of benzene rings is 1. The zero-order valence-corrected chi connectivity index (χ0v) is 10.6. The van der Waals surface area contributed by atoms with Crippen molar-refractivity contribution in [2.45, 2.75) is 13.3 Å². The average molecular weight is 255 g/mol. The molecule has 1 aromatic heterocycles. The summed E-state index contributed by atoms with van der Waals surface area (Å²) in [5.41, 5.74) is 7.62. The van der Waals surface area contributed by atoms with Crippen molar-refractivity contribution in [3.8, 4) is 0 Å². The number of nitrogens with zero attached hydrogens (tertiary/aromatic N) is 1. The van der Waals surface area contributed by atoms with E-state index in [9.17, 15) is 0 Å². The van der Waals surface area contributed by atoms with Gasteiger partial charge in [-0.25, -0.2) is 4.98 Å². The van der Waals surface area contributed by atoms with E-state index in [1.54, 1.807) is 19.2 Å². The molecule has 1 unspecified atom stereocenters. The first-order chi connectivity index (χ1) is 8.10. The van der Waals surface area contributed by atoms with Crippen molar-refractivity contribution >= 4 is 28.4 Å². The van der Waals surface area contributed by atoms with E-state index in [-0.39, 0.29) is 0 Å². The molecule has 0 saturated carbocycles. The number of hydrogen-bond donors (Lipinski definition) is 1. The Kier molecular flexibility index (Phi) is 3.54. The first-order valence-corrected chi connectivity index (χ1v) is 5.81. The van der Waals surface area contributed by atoms with Crippen molar-refractivity contribution in [3.05, 3.63) is 23.0 Å². The predicted molar refractivity (Wildman–Crippen MR) is 68.2 cm³/mol. The van der Waals surface area contributed by atoms with Crippen molar-refractivity contribution in [3.63, 3.8) is 0 Å². The summed E-state index contributed by atoms with van der Waals surface area (Å²) in [5, 5.41) is 0.502. The Morgan fingerprint density at radius 1 is 1.53 bits per heavy atom. The fraction of sp³-hybridized carbons (Fsp3) is 0.417. The van der Waals surface area contributed by atoms with Crippen LogP contribution in [0.4, 0.5) is 5.69 Å². The van der Waals surface area contributed by atoms with Gasteiger partial charge in [-0.2, -0.15) is 0 Å². The quantitative estimate of drug-likeness (QED) is 0.853. The van der Waals surface area contributed by atoms with Gasteiger partial charge < -0.3 is 14.9 Å². The Bertz CT molecular complexity index is 485. The number of halogens is 1. The summed E-state index contributed by atoms with van der Waals surface area (Å²) in [6, 6.07) is 3.43. The van der Waals surface area contributed by atoms with Crippen molar-refractivity contribution in [1.82, 2.24) is 4.98 Å². The first-order valence-electron chi connectivity index (χ1n) is 5.43. The largest absolute Gasteiger partial charge is 0.441 e. The highest BCUT2D eigenvalue weighted by atomic mass is 35.5. The van der Waals surface area contributed by atoms with E-state index >= 15 is 0 Å². The SMILES string of the molecule is COCC(C)Cc1nc2cc(Cl)c(N)cc2o1. The molecule has 1 atom stereocenters. The summed E-state index contributed by atoms with van der Waals surface area (Å²) in [6.45, 7) is 2.77. The molecule has 0 saturated heterocycles. The van der Waals surface area contributed by atoms with Gasteiger partial charge in [0.05, 0.1) is 10.7 Å². The Labute approximate surface area is 105 Å². The lowest BCUT2D eigenvalue weighted by Gasteiger charge is -2.05. The first kappa shape index (κ1) is 12.2. The maximum absolute atomic E-state index is 5.93. The maximum Gasteiger partial charge on any atom is 0.195 e. The number of ether oxygens (including phenoxy) is 1. The summed E-state index contributed by atoms with van der Waals surface area (Å²) in [7, 11) is 1.68. The van der Waals surface area contributed by atoms with Crippen LogP contribution in [0.15, 0.2) is 16.5 Å². The third-order valence-corrected chi connectivity index (χ3v) is 2.85. The van der Waals surface area contributed by atoms with E-state index in [1.165, 1.54) is 0 Å². The molecule has 0 fully saturated rings. The molecule has 0 radical (unpaired) electrons. The summed E-state index contributed by atoms with van der Waals surface area (Å²) in [5.74, 6) is 1.05. The number of anilines is 1. The topological polar surface area (TPSA) is 61.3 Å². The van der Waals surface area contributed by atoms with Crippen LogP contribution in [0.25, 0.3) is 11.1 Å². The minimum Gasteiger partial charge on any atom is -0.441 e. The zero-order chi connectivity index (χ0) is 12.4. The molecule has 2 aromatic rings. The molecular formula is C12H15ClN2O2. The Hall–Kier alpha value is -1.26. The average Bonchev–Trinajstić information content (AvgIpc) is 2.60. The number of fused-ring (bicyclic) bond motifs is 1. The second kappa shape index (κ2) is 4.94. The smallest absolute Gasteiger partial charge is 0.195 e. The van der Waals surface area contributed by atoms with Crippen LogP contribution in [-0.4, -0.2) is 18.7 Å². The van der Waals surface area contributed by atoms with Gasteiger partial charge in [0.2, 0.25) is 0 Å². The standard InChI is InChI=1S/C12H15ClN2O2/c1-7(6-16-2)3-12-15-10-4-8(13)9(14)5-11(10)17-12/h4-5,7H,3,6,14H2,1-2H3. The minimum absolute atomic E-state index is 0.362. The van der Waals surface area contributed by atoms with Crippen LogP contribution < -0.4 is 5.73 Å². The van der Waals surface area contributed by atoms with E-state index in [0.717, 1.165) is 11.9 Å². The van der Waals surface area contributed by atoms with Crippen LogP contribution >= 0.6 is 11.6 Å². The third-order valence-electron chi connectivity index (χ3n) is 2.53. The van der Waals surface area contributed by atoms with Crippen molar-refractivity contribution < 1.29 is 9.15 Å². The summed E-state index contributed by atoms with van der Waals surface area (Å²) >= 11 is 5.93. The molecule has 2 N–H and O–H groups in total. The molecule has 5 heteroatoms. The molecule has 92 valence electrons. The zero-order valence-electron chi connectivity index (χ0n) is 9.87. The molecule has 0 aliphatic heterocycles. The number of rotatable bonds is 4. The van der Waals surface area contributed by atoms with Crippen LogP contribution in [0.1, 0.15) is 12.8 Å². The van der Waals surface area contributed by atoms with Gasteiger partial charge in [0.15, 0.2) is 11.5 Å². The van der Waals surface area contributed by atoms with Crippen LogP contribution in [-0.2, 0) is 11.2 Å². The van der Waals surface area contributed by atoms with Crippen LogP contribution in [0.3, 0.4) is 0 Å². The molecule has 0 aliphatic rings. The fourth-order valence-electron chi connectivity index (χ4n) is 1.74. The van der Waals surface area contributed by atoms with E-state index in [0.29, 0.717) is 34.7 Å². The monoisotopic (exact) mass is 254 g/mol. The fourth-order valence-corrected chi connectivity index (χ4v) is 1.90. The van der Waals surface area contributed by atoms with Gasteiger partial charge in [-0.15, -0.1) is 0 Å². The highest BCUT2D eigenvalue weighted by Gasteiger charge is 2.11. The summed E-state index contributed by atoms with van der Waals surface area (Å²) in [4.78, 5) is 4.37. The van der Waals surface area contributed by atoms with Gasteiger partial charge in [0.1, 0.15) is 5.52 Å². The lowest BCUT2D eigenvalue weighted by atomic mass is 10.1. The molecule has 4 nitrogen and oxygen atoms in total. The van der Waals surface area contributed by atoms with Crippen LogP contribution in [0.5, 0.6) is 0 Å². The molecular weight excluding hydrogens is 240 g/mol. The number of oxazole rings is 1. The van der Waals surface area contributed by atoms with Gasteiger partial charge >= 0.3 is 0 Å². The summed E-state index contributed by atoms with van der Waals surface area (Å²) in [6.07, 6.45) is 0.736. The van der Waals surface area contributed by atoms with Gasteiger partial charge in [-0.1, -0.05) is 18.5 Å². The molecule has 0 amide bonds. The van der Waals surface area contributed by atoms with Crippen molar-refractivity contribution in [2.24, 2.45) is 5.92 Å². The highest BCUT2D eigenvalue weighted by molar-refractivity contribution is 6.33. The van der Waals surface area contributed by atoms with Gasteiger partial charge in [0, 0.05) is 26.2 Å². The molecule has 0 spiro atoms. The highest BCUT2D eigenvalue weighted by Crippen LogP contribution is 2.26. The molecule has 0 aliphatic carbocycles. The van der Waals surface area contributed by atoms with Crippen molar-refractivity contribution in [2.75, 3.05) is 19.5 Å². The number of aromatic nitrogens is 1. The number of methoxy groups -OCH3 is 1. The number of nitrogen functional groups attached to an aromatic ring is 1. The van der Waals surface area contributed by atoms with Crippen LogP contribution in [0.2, 0.25) is 5.02 Å². The lowest BCUT2D eigenvalue weighted by Crippen LogP contribution is -2.06. The van der Waals surface area contributed by atoms with E-state index in [4.69, 9.17) is 26.5 Å². The van der Waals surface area contributed by atoms with E-state index in [1.807, 2.05) is 0 Å². The van der Waals surface area contributed by atoms with Gasteiger partial charge in [0.25, 0.3) is 0 Å². The Balaban J connectivity index is 2.25. The van der Waals surface area contributed by atoms with Crippen molar-refractivity contribution in [1.29, 1.82) is 0 Å². The number of nitrogens with two attached hydrogens (primary N) is 1. The van der Waals surface area contributed by atoms with E-state index < -0.39 is 0 Å². The molecule has 1 heterocycles. The normalized spacial score (nSPS) is 13.1. The Morgan fingerprint density at radius 3 is 3.00 bits per heavy atom. The predicted octanol–water partition coefficient (Wildman–Crippen LogP) is 2.89. The third kappa shape index (κ3) is 2.70. The van der Waals surface area contributed by atoms with E-state index in [2.05, 4.69) is 11.9 Å².